The Morgan fingerprint density at radius 2 is 1.68 bits per heavy atom. The third kappa shape index (κ3) is 7.25. The zero-order chi connectivity index (χ0) is 22.1. The highest BCUT2D eigenvalue weighted by Crippen LogP contribution is 2.29. The van der Waals surface area contributed by atoms with Crippen LogP contribution in [0.25, 0.3) is 0 Å². The second kappa shape index (κ2) is 11.2. The number of guanidine groups is 1. The molecule has 0 unspecified atom stereocenters. The van der Waals surface area contributed by atoms with Gasteiger partial charge in [0.1, 0.15) is 0 Å². The predicted molar refractivity (Wildman–Crippen MR) is 116 cm³/mol. The second-order valence-corrected chi connectivity index (χ2v) is 7.40. The van der Waals surface area contributed by atoms with E-state index in [4.69, 9.17) is 4.74 Å². The number of ether oxygens (including phenoxy) is 1. The summed E-state index contributed by atoms with van der Waals surface area (Å²) in [5.74, 6) is 0.628. The molecule has 0 atom stereocenters. The number of morpholine rings is 1. The fraction of sp³-hybridized carbons (Fsp3) is 0.435. The minimum Gasteiger partial charge on any atom is -0.379 e. The maximum atomic E-state index is 12.7. The van der Waals surface area contributed by atoms with Crippen LogP contribution >= 0.6 is 0 Å². The molecule has 0 saturated carbocycles. The summed E-state index contributed by atoms with van der Waals surface area (Å²) in [5, 5.41) is 6.53. The third-order valence-electron chi connectivity index (χ3n) is 5.11. The molecular formula is C23H29F3N4O. The minimum atomic E-state index is -4.33. The van der Waals surface area contributed by atoms with Crippen LogP contribution in [0.5, 0.6) is 0 Å². The lowest BCUT2D eigenvalue weighted by Crippen LogP contribution is -2.38. The molecule has 0 amide bonds. The van der Waals surface area contributed by atoms with Crippen LogP contribution < -0.4 is 10.6 Å². The van der Waals surface area contributed by atoms with Crippen LogP contribution in [-0.4, -0.2) is 43.7 Å². The normalized spacial score (nSPS) is 15.7. The van der Waals surface area contributed by atoms with Crippen LogP contribution in [0.15, 0.2) is 53.5 Å². The van der Waals surface area contributed by atoms with E-state index in [1.165, 1.54) is 23.3 Å². The van der Waals surface area contributed by atoms with E-state index in [0.29, 0.717) is 25.6 Å². The van der Waals surface area contributed by atoms with Gasteiger partial charge in [0.25, 0.3) is 0 Å². The van der Waals surface area contributed by atoms with Gasteiger partial charge in [0.2, 0.25) is 0 Å². The highest BCUT2D eigenvalue weighted by molar-refractivity contribution is 5.79. The molecule has 3 rings (SSSR count). The molecule has 168 valence electrons. The molecule has 0 radical (unpaired) electrons. The average Bonchev–Trinajstić information content (AvgIpc) is 2.77. The van der Waals surface area contributed by atoms with Crippen molar-refractivity contribution >= 4 is 5.96 Å². The molecule has 1 saturated heterocycles. The van der Waals surface area contributed by atoms with Gasteiger partial charge in [-0.15, -0.1) is 0 Å². The summed E-state index contributed by atoms with van der Waals surface area (Å²) in [6.45, 7) is 7.83. The van der Waals surface area contributed by atoms with Gasteiger partial charge in [0, 0.05) is 32.7 Å². The highest BCUT2D eigenvalue weighted by Gasteiger charge is 2.29. The quantitative estimate of drug-likeness (QED) is 0.514. The monoisotopic (exact) mass is 434 g/mol. The highest BCUT2D eigenvalue weighted by atomic mass is 19.4. The van der Waals surface area contributed by atoms with E-state index in [9.17, 15) is 13.2 Å². The lowest BCUT2D eigenvalue weighted by atomic mass is 10.1. The number of nitrogens with zero attached hydrogens (tertiary/aromatic N) is 2. The summed E-state index contributed by atoms with van der Waals surface area (Å²) in [4.78, 5) is 6.90. The lowest BCUT2D eigenvalue weighted by molar-refractivity contribution is -0.137. The summed E-state index contributed by atoms with van der Waals surface area (Å²) in [5.41, 5.74) is 2.52. The summed E-state index contributed by atoms with van der Waals surface area (Å²) in [7, 11) is 0. The number of nitrogens with one attached hydrogen (secondary N) is 2. The van der Waals surface area contributed by atoms with E-state index in [2.05, 4.69) is 32.7 Å². The summed E-state index contributed by atoms with van der Waals surface area (Å²) < 4.78 is 43.6. The zero-order valence-corrected chi connectivity index (χ0v) is 17.7. The van der Waals surface area contributed by atoms with Crippen molar-refractivity contribution in [2.24, 2.45) is 4.99 Å². The molecule has 0 aliphatic carbocycles. The van der Waals surface area contributed by atoms with Gasteiger partial charge in [-0.1, -0.05) is 36.4 Å². The van der Waals surface area contributed by atoms with Crippen molar-refractivity contribution < 1.29 is 17.9 Å². The van der Waals surface area contributed by atoms with E-state index in [0.717, 1.165) is 50.5 Å². The Balaban J connectivity index is 1.61. The maximum absolute atomic E-state index is 12.7. The number of hydrogen-bond donors (Lipinski definition) is 2. The van der Waals surface area contributed by atoms with Crippen LogP contribution in [0, 0.1) is 0 Å². The molecule has 1 heterocycles. The molecule has 2 aromatic carbocycles. The van der Waals surface area contributed by atoms with Gasteiger partial charge in [0.15, 0.2) is 5.96 Å². The summed E-state index contributed by atoms with van der Waals surface area (Å²) in [6, 6.07) is 13.4. The fourth-order valence-electron chi connectivity index (χ4n) is 3.37. The molecule has 0 spiro atoms. The Hall–Kier alpha value is -2.58. The van der Waals surface area contributed by atoms with Crippen LogP contribution in [0.3, 0.4) is 0 Å². The van der Waals surface area contributed by atoms with Crippen LogP contribution in [0.1, 0.15) is 29.2 Å². The Morgan fingerprint density at radius 3 is 2.32 bits per heavy atom. The first-order chi connectivity index (χ1) is 15.0. The van der Waals surface area contributed by atoms with Crippen LogP contribution in [0.4, 0.5) is 13.2 Å². The smallest absolute Gasteiger partial charge is 0.379 e. The Kier molecular flexibility index (Phi) is 8.31. The molecule has 1 fully saturated rings. The maximum Gasteiger partial charge on any atom is 0.416 e. The summed E-state index contributed by atoms with van der Waals surface area (Å²) >= 11 is 0. The van der Waals surface area contributed by atoms with Gasteiger partial charge in [-0.05, 0) is 35.7 Å². The van der Waals surface area contributed by atoms with Gasteiger partial charge in [0.05, 0.1) is 25.3 Å². The molecule has 8 heteroatoms. The van der Waals surface area contributed by atoms with E-state index >= 15 is 0 Å². The number of aliphatic imine (C=N–C) groups is 1. The first-order valence-electron chi connectivity index (χ1n) is 10.5. The first-order valence-corrected chi connectivity index (χ1v) is 10.5. The number of benzene rings is 2. The fourth-order valence-corrected chi connectivity index (χ4v) is 3.37. The van der Waals surface area contributed by atoms with E-state index in [1.54, 1.807) is 0 Å². The molecule has 0 bridgehead atoms. The Bertz CT molecular complexity index is 847. The SMILES string of the molecule is CCNC(=NCc1ccc(C(F)(F)F)cc1)NCc1ccccc1CN1CCOCC1. The number of alkyl halides is 3. The van der Waals surface area contributed by atoms with Gasteiger partial charge in [-0.2, -0.15) is 13.2 Å². The molecular weight excluding hydrogens is 405 g/mol. The van der Waals surface area contributed by atoms with Gasteiger partial charge in [-0.25, -0.2) is 4.99 Å². The molecule has 31 heavy (non-hydrogen) atoms. The lowest BCUT2D eigenvalue weighted by Gasteiger charge is -2.27. The van der Waals surface area contributed by atoms with Gasteiger partial charge in [-0.3, -0.25) is 4.90 Å². The summed E-state index contributed by atoms with van der Waals surface area (Å²) in [6.07, 6.45) is -4.33. The topological polar surface area (TPSA) is 48.9 Å². The molecule has 0 aromatic heterocycles. The second-order valence-electron chi connectivity index (χ2n) is 7.40. The van der Waals surface area contributed by atoms with Crippen molar-refractivity contribution in [1.82, 2.24) is 15.5 Å². The molecule has 1 aliphatic heterocycles. The van der Waals surface area contributed by atoms with E-state index in [-0.39, 0.29) is 0 Å². The molecule has 1 aliphatic rings. The van der Waals surface area contributed by atoms with Gasteiger partial charge < -0.3 is 15.4 Å². The molecule has 5 nitrogen and oxygen atoms in total. The standard InChI is InChI=1S/C23H29F3N4O/c1-2-27-22(28-15-18-7-9-21(10-8-18)23(24,25)26)29-16-19-5-3-4-6-20(19)17-30-11-13-31-14-12-30/h3-10H,2,11-17H2,1H3,(H2,27,28,29). The predicted octanol–water partition coefficient (Wildman–Crippen LogP) is 3.79. The zero-order valence-electron chi connectivity index (χ0n) is 17.7. The largest absolute Gasteiger partial charge is 0.416 e. The van der Waals surface area contributed by atoms with E-state index < -0.39 is 11.7 Å². The number of hydrogen-bond acceptors (Lipinski definition) is 3. The van der Waals surface area contributed by atoms with Crippen molar-refractivity contribution in [3.05, 3.63) is 70.8 Å². The van der Waals surface area contributed by atoms with Crippen molar-refractivity contribution in [2.75, 3.05) is 32.8 Å². The van der Waals surface area contributed by atoms with Crippen LogP contribution in [-0.2, 0) is 30.5 Å². The molecule has 2 aromatic rings. The number of halogens is 3. The molecule has 2 N–H and O–H groups in total. The first kappa shape index (κ1) is 23.1. The average molecular weight is 435 g/mol. The third-order valence-corrected chi connectivity index (χ3v) is 5.11. The van der Waals surface area contributed by atoms with E-state index in [1.807, 2.05) is 19.1 Å². The Morgan fingerprint density at radius 1 is 1.00 bits per heavy atom. The van der Waals surface area contributed by atoms with Gasteiger partial charge >= 0.3 is 6.18 Å². The van der Waals surface area contributed by atoms with Crippen molar-refractivity contribution in [3.63, 3.8) is 0 Å². The number of rotatable bonds is 7. The Labute approximate surface area is 181 Å². The van der Waals surface area contributed by atoms with Crippen molar-refractivity contribution in [1.29, 1.82) is 0 Å². The van der Waals surface area contributed by atoms with Crippen molar-refractivity contribution in [2.45, 2.75) is 32.7 Å². The van der Waals surface area contributed by atoms with Crippen LogP contribution in [0.2, 0.25) is 0 Å². The van der Waals surface area contributed by atoms with Crippen molar-refractivity contribution in [3.8, 4) is 0 Å². The minimum absolute atomic E-state index is 0.295.